The first-order chi connectivity index (χ1) is 8.86. The predicted molar refractivity (Wildman–Crippen MR) is 71.7 cm³/mol. The molecule has 7 heteroatoms. The number of carbonyl (C=O) groups excluding carboxylic acids is 1. The molecule has 1 heterocycles. The number of aryl methyl sites for hydroxylation is 1. The summed E-state index contributed by atoms with van der Waals surface area (Å²) in [6.45, 7) is 4.31. The largest absolute Gasteiger partial charge is 0.351 e. The molecule has 0 fully saturated rings. The Morgan fingerprint density at radius 1 is 1.37 bits per heavy atom. The van der Waals surface area contributed by atoms with Crippen LogP contribution in [0.1, 0.15) is 42.2 Å². The Hall–Kier alpha value is -1.50. The maximum absolute atomic E-state index is 11.9. The first-order valence-electron chi connectivity index (χ1n) is 6.18. The number of carbonyl (C=O) groups is 1. The fourth-order valence-electron chi connectivity index (χ4n) is 1.50. The van der Waals surface area contributed by atoms with Crippen LogP contribution in [-0.2, 0) is 9.84 Å². The third kappa shape index (κ3) is 4.59. The van der Waals surface area contributed by atoms with E-state index in [4.69, 9.17) is 0 Å². The molecule has 1 amide bonds. The zero-order valence-electron chi connectivity index (χ0n) is 11.4. The van der Waals surface area contributed by atoms with Crippen molar-refractivity contribution in [2.45, 2.75) is 38.3 Å². The van der Waals surface area contributed by atoms with Crippen LogP contribution in [0.4, 0.5) is 0 Å². The maximum atomic E-state index is 11.9. The summed E-state index contributed by atoms with van der Waals surface area (Å²) in [4.78, 5) is 19.5. The van der Waals surface area contributed by atoms with Gasteiger partial charge in [0.25, 0.3) is 5.91 Å². The van der Waals surface area contributed by atoms with Crippen LogP contribution in [0, 0.1) is 6.92 Å². The minimum Gasteiger partial charge on any atom is -0.351 e. The molecule has 19 heavy (non-hydrogen) atoms. The van der Waals surface area contributed by atoms with Crippen molar-refractivity contribution in [3.8, 4) is 0 Å². The molecule has 0 aliphatic carbocycles. The number of nitrogens with zero attached hydrogens (tertiary/aromatic N) is 2. The summed E-state index contributed by atoms with van der Waals surface area (Å²) in [5, 5.41) is 2.41. The number of unbranched alkanes of at least 4 members (excludes halogenated alkanes) is 2. The standard InChI is InChI=1S/C12H19N3O3S/c1-4-5-6-7-13-11(16)10-9(2)8-14-12(15-10)19(3,17)18/h8H,4-7H2,1-3H3,(H,13,16). The number of rotatable bonds is 6. The highest BCUT2D eigenvalue weighted by Gasteiger charge is 2.17. The van der Waals surface area contributed by atoms with Crippen molar-refractivity contribution >= 4 is 15.7 Å². The van der Waals surface area contributed by atoms with Gasteiger partial charge in [-0.2, -0.15) is 0 Å². The van der Waals surface area contributed by atoms with Crippen molar-refractivity contribution in [3.63, 3.8) is 0 Å². The van der Waals surface area contributed by atoms with Crippen LogP contribution >= 0.6 is 0 Å². The van der Waals surface area contributed by atoms with Crippen molar-refractivity contribution in [2.24, 2.45) is 0 Å². The van der Waals surface area contributed by atoms with Gasteiger partial charge in [0.05, 0.1) is 0 Å². The lowest BCUT2D eigenvalue weighted by atomic mass is 10.2. The summed E-state index contributed by atoms with van der Waals surface area (Å²) in [6, 6.07) is 0. The van der Waals surface area contributed by atoms with Gasteiger partial charge in [-0.3, -0.25) is 4.79 Å². The first-order valence-corrected chi connectivity index (χ1v) is 8.07. The maximum Gasteiger partial charge on any atom is 0.270 e. The molecule has 0 atom stereocenters. The minimum atomic E-state index is -3.51. The molecule has 6 nitrogen and oxygen atoms in total. The number of aromatic nitrogens is 2. The van der Waals surface area contributed by atoms with Gasteiger partial charge in [0.15, 0.2) is 0 Å². The van der Waals surface area contributed by atoms with E-state index >= 15 is 0 Å². The molecule has 0 aromatic carbocycles. The Morgan fingerprint density at radius 2 is 2.05 bits per heavy atom. The van der Waals surface area contributed by atoms with E-state index < -0.39 is 9.84 Å². The van der Waals surface area contributed by atoms with E-state index in [1.165, 1.54) is 6.20 Å². The lowest BCUT2D eigenvalue weighted by molar-refractivity contribution is 0.0946. The van der Waals surface area contributed by atoms with E-state index in [-0.39, 0.29) is 16.8 Å². The van der Waals surface area contributed by atoms with E-state index in [1.54, 1.807) is 6.92 Å². The van der Waals surface area contributed by atoms with Crippen LogP contribution in [0.5, 0.6) is 0 Å². The Bertz CT molecular complexity index is 555. The molecule has 106 valence electrons. The fourth-order valence-corrected chi connectivity index (χ4v) is 2.00. The second kappa shape index (κ2) is 6.60. The van der Waals surface area contributed by atoms with Gasteiger partial charge in [-0.15, -0.1) is 0 Å². The predicted octanol–water partition coefficient (Wildman–Crippen LogP) is 1.11. The Labute approximate surface area is 113 Å². The highest BCUT2D eigenvalue weighted by atomic mass is 32.2. The molecule has 1 N–H and O–H groups in total. The van der Waals surface area contributed by atoms with Gasteiger partial charge in [-0.1, -0.05) is 19.8 Å². The zero-order valence-corrected chi connectivity index (χ0v) is 12.2. The Kier molecular flexibility index (Phi) is 5.41. The number of amides is 1. The molecule has 0 bridgehead atoms. The van der Waals surface area contributed by atoms with Crippen molar-refractivity contribution in [3.05, 3.63) is 17.5 Å². The molecule has 0 saturated carbocycles. The van der Waals surface area contributed by atoms with Gasteiger partial charge < -0.3 is 5.32 Å². The van der Waals surface area contributed by atoms with Gasteiger partial charge in [0.2, 0.25) is 15.0 Å². The third-order valence-electron chi connectivity index (χ3n) is 2.56. The minimum absolute atomic E-state index is 0.118. The topological polar surface area (TPSA) is 89.0 Å². The number of hydrogen-bond acceptors (Lipinski definition) is 5. The lowest BCUT2D eigenvalue weighted by Gasteiger charge is -2.07. The van der Waals surface area contributed by atoms with E-state index in [0.29, 0.717) is 12.1 Å². The Morgan fingerprint density at radius 3 is 2.63 bits per heavy atom. The summed E-state index contributed by atoms with van der Waals surface area (Å²) in [6.07, 6.45) is 5.37. The monoisotopic (exact) mass is 285 g/mol. The van der Waals surface area contributed by atoms with Crippen molar-refractivity contribution in [1.29, 1.82) is 0 Å². The third-order valence-corrected chi connectivity index (χ3v) is 3.42. The summed E-state index contributed by atoms with van der Waals surface area (Å²) < 4.78 is 22.7. The molecule has 0 spiro atoms. The van der Waals surface area contributed by atoms with Gasteiger partial charge in [-0.25, -0.2) is 18.4 Å². The van der Waals surface area contributed by atoms with Crippen LogP contribution in [-0.4, -0.2) is 37.1 Å². The summed E-state index contributed by atoms with van der Waals surface area (Å²) >= 11 is 0. The number of nitrogens with one attached hydrogen (secondary N) is 1. The molecule has 0 aliphatic heterocycles. The van der Waals surface area contributed by atoms with Crippen molar-refractivity contribution < 1.29 is 13.2 Å². The summed E-state index contributed by atoms with van der Waals surface area (Å²) in [5.41, 5.74) is 0.673. The molecule has 1 aromatic heterocycles. The molecule has 0 unspecified atom stereocenters. The second-order valence-electron chi connectivity index (χ2n) is 4.42. The van der Waals surface area contributed by atoms with Crippen molar-refractivity contribution in [2.75, 3.05) is 12.8 Å². The smallest absolute Gasteiger partial charge is 0.270 e. The molecule has 1 rings (SSSR count). The van der Waals surface area contributed by atoms with Crippen LogP contribution in [0.2, 0.25) is 0 Å². The lowest BCUT2D eigenvalue weighted by Crippen LogP contribution is -2.27. The second-order valence-corrected chi connectivity index (χ2v) is 6.33. The molecule has 0 aliphatic rings. The SMILES string of the molecule is CCCCCNC(=O)c1nc(S(C)(=O)=O)ncc1C. The number of sulfone groups is 1. The van der Waals surface area contributed by atoms with Crippen LogP contribution < -0.4 is 5.32 Å². The average molecular weight is 285 g/mol. The molecule has 0 radical (unpaired) electrons. The molecule has 1 aromatic rings. The molecule has 0 saturated heterocycles. The van der Waals surface area contributed by atoms with Gasteiger partial charge >= 0.3 is 0 Å². The number of hydrogen-bond donors (Lipinski definition) is 1. The van der Waals surface area contributed by atoms with E-state index in [2.05, 4.69) is 22.2 Å². The molecular formula is C12H19N3O3S. The van der Waals surface area contributed by atoms with Crippen LogP contribution in [0.25, 0.3) is 0 Å². The highest BCUT2D eigenvalue weighted by molar-refractivity contribution is 7.90. The van der Waals surface area contributed by atoms with Gasteiger partial charge in [-0.05, 0) is 18.9 Å². The van der Waals surface area contributed by atoms with E-state index in [9.17, 15) is 13.2 Å². The Balaban J connectivity index is 2.84. The summed E-state index contributed by atoms with van der Waals surface area (Å²) in [5.74, 6) is -0.360. The van der Waals surface area contributed by atoms with Crippen molar-refractivity contribution in [1.82, 2.24) is 15.3 Å². The average Bonchev–Trinajstić information content (AvgIpc) is 2.33. The van der Waals surface area contributed by atoms with E-state index in [1.807, 2.05) is 0 Å². The quantitative estimate of drug-likeness (QED) is 0.624. The molecular weight excluding hydrogens is 266 g/mol. The van der Waals surface area contributed by atoms with Crippen LogP contribution in [0.3, 0.4) is 0 Å². The van der Waals surface area contributed by atoms with Gasteiger partial charge in [0, 0.05) is 19.0 Å². The van der Waals surface area contributed by atoms with Gasteiger partial charge in [0.1, 0.15) is 5.69 Å². The highest BCUT2D eigenvalue weighted by Crippen LogP contribution is 2.07. The van der Waals surface area contributed by atoms with Crippen LogP contribution in [0.15, 0.2) is 11.4 Å². The first kappa shape index (κ1) is 15.6. The zero-order chi connectivity index (χ0) is 14.5. The van der Waals surface area contributed by atoms with E-state index in [0.717, 1.165) is 25.5 Å². The summed E-state index contributed by atoms with van der Waals surface area (Å²) in [7, 11) is -3.51. The normalized spacial score (nSPS) is 11.3. The fraction of sp³-hybridized carbons (Fsp3) is 0.583.